The van der Waals surface area contributed by atoms with Crippen LogP contribution in [0.15, 0.2) is 12.1 Å². The summed E-state index contributed by atoms with van der Waals surface area (Å²) in [5.41, 5.74) is 7.83. The van der Waals surface area contributed by atoms with E-state index < -0.39 is 0 Å². The van der Waals surface area contributed by atoms with Crippen molar-refractivity contribution in [3.8, 4) is 11.5 Å². The van der Waals surface area contributed by atoms with Gasteiger partial charge in [-0.3, -0.25) is 0 Å². The fourth-order valence-corrected chi connectivity index (χ4v) is 1.96. The molecule has 0 saturated heterocycles. The number of fused-ring (bicyclic) bond motifs is 3. The van der Waals surface area contributed by atoms with Gasteiger partial charge in [0.25, 0.3) is 0 Å². The van der Waals surface area contributed by atoms with Gasteiger partial charge in [-0.25, -0.2) is 0 Å². The molecule has 2 N–H and O–H groups in total. The topological polar surface area (TPSA) is 53.7 Å². The lowest BCUT2D eigenvalue weighted by Crippen LogP contribution is -2.10. The molecule has 15 heavy (non-hydrogen) atoms. The summed E-state index contributed by atoms with van der Waals surface area (Å²) in [6.07, 6.45) is 0.0134. The van der Waals surface area contributed by atoms with Crippen molar-refractivity contribution in [2.45, 2.75) is 12.7 Å². The third-order valence-corrected chi connectivity index (χ3v) is 2.67. The number of ether oxygens (including phenoxy) is 3. The third kappa shape index (κ3) is 1.45. The highest BCUT2D eigenvalue weighted by Gasteiger charge is 2.29. The van der Waals surface area contributed by atoms with Crippen LogP contribution < -0.4 is 15.2 Å². The lowest BCUT2D eigenvalue weighted by molar-refractivity contribution is 0.0714. The molecule has 0 saturated carbocycles. The molecule has 0 spiro atoms. The Balaban J connectivity index is 0.000000853. The standard InChI is InChI=1S/C10H11NO3.ClH/c11-3-9-6-1-2-8-10(14-5-13-8)7(6)4-12-9;/h1-2,9H,3-5,11H2;1H. The van der Waals surface area contributed by atoms with Crippen LogP contribution in [0.1, 0.15) is 17.2 Å². The SMILES string of the molecule is Cl.NCC1OCc2c1ccc1c2OCO1. The molecule has 1 aromatic rings. The molecule has 0 aliphatic carbocycles. The van der Waals surface area contributed by atoms with Gasteiger partial charge in [0.2, 0.25) is 6.79 Å². The van der Waals surface area contributed by atoms with E-state index >= 15 is 0 Å². The molecule has 0 radical (unpaired) electrons. The minimum Gasteiger partial charge on any atom is -0.454 e. The Kier molecular flexibility index (Phi) is 2.73. The molecule has 1 unspecified atom stereocenters. The van der Waals surface area contributed by atoms with Gasteiger partial charge in [0, 0.05) is 12.1 Å². The molecule has 0 amide bonds. The lowest BCUT2D eigenvalue weighted by atomic mass is 10.0. The van der Waals surface area contributed by atoms with Crippen molar-refractivity contribution in [3.05, 3.63) is 23.3 Å². The van der Waals surface area contributed by atoms with E-state index in [9.17, 15) is 0 Å². The second kappa shape index (κ2) is 3.89. The van der Waals surface area contributed by atoms with Crippen LogP contribution in [-0.2, 0) is 11.3 Å². The fraction of sp³-hybridized carbons (Fsp3) is 0.400. The second-order valence-electron chi connectivity index (χ2n) is 3.40. The van der Waals surface area contributed by atoms with Crippen LogP contribution in [0.5, 0.6) is 11.5 Å². The molecule has 3 rings (SSSR count). The molecular weight excluding hydrogens is 218 g/mol. The molecule has 2 aliphatic heterocycles. The van der Waals surface area contributed by atoms with Gasteiger partial charge in [0.15, 0.2) is 11.5 Å². The summed E-state index contributed by atoms with van der Waals surface area (Å²) in [7, 11) is 0. The molecule has 0 bridgehead atoms. The average molecular weight is 230 g/mol. The van der Waals surface area contributed by atoms with E-state index in [1.165, 1.54) is 0 Å². The van der Waals surface area contributed by atoms with Gasteiger partial charge in [0.05, 0.1) is 12.7 Å². The molecule has 1 atom stereocenters. The fourth-order valence-electron chi connectivity index (χ4n) is 1.96. The van der Waals surface area contributed by atoms with Crippen LogP contribution >= 0.6 is 12.4 Å². The smallest absolute Gasteiger partial charge is 0.231 e. The van der Waals surface area contributed by atoms with Gasteiger partial charge in [-0.15, -0.1) is 12.4 Å². The highest BCUT2D eigenvalue weighted by molar-refractivity contribution is 5.85. The van der Waals surface area contributed by atoms with Crippen LogP contribution in [0.4, 0.5) is 0 Å². The van der Waals surface area contributed by atoms with Crippen molar-refractivity contribution >= 4 is 12.4 Å². The first-order valence-electron chi connectivity index (χ1n) is 4.63. The largest absolute Gasteiger partial charge is 0.454 e. The number of hydrogen-bond donors (Lipinski definition) is 1. The molecule has 5 heteroatoms. The average Bonchev–Trinajstić information content (AvgIpc) is 2.82. The number of benzene rings is 1. The van der Waals surface area contributed by atoms with Crippen molar-refractivity contribution in [3.63, 3.8) is 0 Å². The number of nitrogens with two attached hydrogens (primary N) is 1. The van der Waals surface area contributed by atoms with E-state index in [0.29, 0.717) is 19.9 Å². The Morgan fingerprint density at radius 1 is 1.33 bits per heavy atom. The van der Waals surface area contributed by atoms with Crippen molar-refractivity contribution in [1.29, 1.82) is 0 Å². The first-order valence-corrected chi connectivity index (χ1v) is 4.63. The highest BCUT2D eigenvalue weighted by atomic mass is 35.5. The van der Waals surface area contributed by atoms with Gasteiger partial charge in [0.1, 0.15) is 0 Å². The summed E-state index contributed by atoms with van der Waals surface area (Å²) in [6.45, 7) is 1.38. The minimum atomic E-state index is 0. The van der Waals surface area contributed by atoms with Crippen molar-refractivity contribution in [2.24, 2.45) is 5.73 Å². The second-order valence-corrected chi connectivity index (χ2v) is 3.40. The molecule has 2 heterocycles. The predicted molar refractivity (Wildman–Crippen MR) is 56.4 cm³/mol. The maximum atomic E-state index is 5.60. The quantitative estimate of drug-likeness (QED) is 0.790. The summed E-state index contributed by atoms with van der Waals surface area (Å²) >= 11 is 0. The Labute approximate surface area is 93.7 Å². The monoisotopic (exact) mass is 229 g/mol. The zero-order valence-corrected chi connectivity index (χ0v) is 8.88. The lowest BCUT2D eigenvalue weighted by Gasteiger charge is -2.07. The maximum absolute atomic E-state index is 5.60. The van der Waals surface area contributed by atoms with Gasteiger partial charge >= 0.3 is 0 Å². The molecule has 0 fully saturated rings. The summed E-state index contributed by atoms with van der Waals surface area (Å²) in [5, 5.41) is 0. The number of halogens is 1. The summed E-state index contributed by atoms with van der Waals surface area (Å²) < 4.78 is 16.2. The van der Waals surface area contributed by atoms with Crippen molar-refractivity contribution in [1.82, 2.24) is 0 Å². The van der Waals surface area contributed by atoms with Crippen LogP contribution in [0.3, 0.4) is 0 Å². The van der Waals surface area contributed by atoms with Gasteiger partial charge in [-0.1, -0.05) is 6.07 Å². The molecule has 1 aromatic carbocycles. The van der Waals surface area contributed by atoms with Gasteiger partial charge < -0.3 is 19.9 Å². The Morgan fingerprint density at radius 3 is 3.00 bits per heavy atom. The van der Waals surface area contributed by atoms with E-state index in [2.05, 4.69) is 0 Å². The first-order chi connectivity index (χ1) is 6.90. The molecule has 4 nitrogen and oxygen atoms in total. The minimum absolute atomic E-state index is 0. The van der Waals surface area contributed by atoms with Crippen LogP contribution in [0.25, 0.3) is 0 Å². The highest BCUT2D eigenvalue weighted by Crippen LogP contribution is 2.43. The Hall–Kier alpha value is -0.970. The zero-order chi connectivity index (χ0) is 9.54. The van der Waals surface area contributed by atoms with E-state index in [-0.39, 0.29) is 18.5 Å². The number of rotatable bonds is 1. The van der Waals surface area contributed by atoms with Crippen molar-refractivity contribution < 1.29 is 14.2 Å². The maximum Gasteiger partial charge on any atom is 0.231 e. The predicted octanol–water partition coefficient (Wildman–Crippen LogP) is 1.37. The van der Waals surface area contributed by atoms with Crippen LogP contribution in [0.2, 0.25) is 0 Å². The van der Waals surface area contributed by atoms with E-state index in [0.717, 1.165) is 22.6 Å². The molecule has 2 aliphatic rings. The van der Waals surface area contributed by atoms with E-state index in [1.807, 2.05) is 12.1 Å². The normalized spacial score (nSPS) is 21.0. The van der Waals surface area contributed by atoms with E-state index in [4.69, 9.17) is 19.9 Å². The molecular formula is C10H12ClNO3. The summed E-state index contributed by atoms with van der Waals surface area (Å²) in [5.74, 6) is 1.64. The first kappa shape index (κ1) is 10.5. The summed E-state index contributed by atoms with van der Waals surface area (Å²) in [4.78, 5) is 0. The summed E-state index contributed by atoms with van der Waals surface area (Å²) in [6, 6.07) is 3.92. The van der Waals surface area contributed by atoms with Crippen LogP contribution in [-0.4, -0.2) is 13.3 Å². The van der Waals surface area contributed by atoms with Gasteiger partial charge in [-0.2, -0.15) is 0 Å². The van der Waals surface area contributed by atoms with E-state index in [1.54, 1.807) is 0 Å². The van der Waals surface area contributed by atoms with Gasteiger partial charge in [-0.05, 0) is 11.6 Å². The van der Waals surface area contributed by atoms with Crippen molar-refractivity contribution in [2.75, 3.05) is 13.3 Å². The molecule has 82 valence electrons. The zero-order valence-electron chi connectivity index (χ0n) is 8.06. The Bertz CT molecular complexity index is 383. The molecule has 0 aromatic heterocycles. The van der Waals surface area contributed by atoms with Crippen LogP contribution in [0, 0.1) is 0 Å². The third-order valence-electron chi connectivity index (χ3n) is 2.67. The Morgan fingerprint density at radius 2 is 2.20 bits per heavy atom. The number of hydrogen-bond acceptors (Lipinski definition) is 4.